The van der Waals surface area contributed by atoms with Gasteiger partial charge in [-0.05, 0) is 55.4 Å². The normalized spacial score (nSPS) is 15.2. The van der Waals surface area contributed by atoms with Crippen LogP contribution in [0.1, 0.15) is 22.8 Å². The van der Waals surface area contributed by atoms with Crippen molar-refractivity contribution in [3.63, 3.8) is 0 Å². The van der Waals surface area contributed by atoms with Crippen molar-refractivity contribution in [3.8, 4) is 0 Å². The molecule has 1 aliphatic rings. The third kappa shape index (κ3) is 4.24. The summed E-state index contributed by atoms with van der Waals surface area (Å²) in [6.45, 7) is 9.45. The van der Waals surface area contributed by atoms with Crippen LogP contribution < -0.4 is 10.2 Å². The van der Waals surface area contributed by atoms with Gasteiger partial charge in [0.1, 0.15) is 5.82 Å². The van der Waals surface area contributed by atoms with Crippen LogP contribution in [0.2, 0.25) is 0 Å². The molecule has 3 rings (SSSR count). The van der Waals surface area contributed by atoms with E-state index in [1.165, 1.54) is 17.8 Å². The van der Waals surface area contributed by atoms with Crippen molar-refractivity contribution in [1.82, 2.24) is 4.90 Å². The highest BCUT2D eigenvalue weighted by molar-refractivity contribution is 9.10. The van der Waals surface area contributed by atoms with Gasteiger partial charge in [-0.2, -0.15) is 0 Å². The summed E-state index contributed by atoms with van der Waals surface area (Å²) in [6, 6.07) is 10.2. The second kappa shape index (κ2) is 8.18. The van der Waals surface area contributed by atoms with E-state index in [9.17, 15) is 9.18 Å². The number of anilines is 2. The Morgan fingerprint density at radius 1 is 1.15 bits per heavy atom. The minimum absolute atomic E-state index is 0.0248. The molecule has 1 N–H and O–H groups in total. The summed E-state index contributed by atoms with van der Waals surface area (Å²) in [5.74, 6) is -0.986. The van der Waals surface area contributed by atoms with Gasteiger partial charge in [-0.25, -0.2) is 4.39 Å². The maximum Gasteiger partial charge on any atom is 0.258 e. The number of benzene rings is 2. The molecular weight excluding hydrogens is 397 g/mol. The number of piperazine rings is 1. The third-order valence-electron chi connectivity index (χ3n) is 4.79. The number of carbonyl (C=O) groups is 1. The zero-order valence-corrected chi connectivity index (χ0v) is 16.6. The second-order valence-corrected chi connectivity index (χ2v) is 7.42. The Balaban J connectivity index is 1.71. The second-order valence-electron chi connectivity index (χ2n) is 6.50. The Bertz CT molecular complexity index is 804. The molecule has 1 aliphatic heterocycles. The van der Waals surface area contributed by atoms with Crippen LogP contribution in [0.3, 0.4) is 0 Å². The van der Waals surface area contributed by atoms with E-state index in [0.717, 1.165) is 38.3 Å². The Kier molecular flexibility index (Phi) is 5.94. The average Bonchev–Trinajstić information content (AvgIpc) is 2.64. The molecule has 4 nitrogen and oxygen atoms in total. The molecule has 138 valence electrons. The van der Waals surface area contributed by atoms with Gasteiger partial charge >= 0.3 is 0 Å². The fourth-order valence-electron chi connectivity index (χ4n) is 3.26. The lowest BCUT2D eigenvalue weighted by Gasteiger charge is -2.36. The number of likely N-dealkylation sites (N-methyl/N-ethyl adjacent to an activating group) is 1. The summed E-state index contributed by atoms with van der Waals surface area (Å²) in [5, 5.41) is 2.79. The zero-order valence-electron chi connectivity index (χ0n) is 15.1. The first-order valence-corrected chi connectivity index (χ1v) is 9.61. The average molecular weight is 420 g/mol. The predicted molar refractivity (Wildman–Crippen MR) is 108 cm³/mol. The smallest absolute Gasteiger partial charge is 0.258 e. The SMILES string of the molecule is CCN1CCN(c2ccc(NC(=O)c3cc(Br)ccc3F)cc2C)CC1. The lowest BCUT2D eigenvalue weighted by atomic mass is 10.1. The van der Waals surface area contributed by atoms with Gasteiger partial charge in [0.2, 0.25) is 0 Å². The van der Waals surface area contributed by atoms with Gasteiger partial charge in [-0.1, -0.05) is 22.9 Å². The fraction of sp³-hybridized carbons (Fsp3) is 0.350. The van der Waals surface area contributed by atoms with Gasteiger partial charge in [0.05, 0.1) is 5.56 Å². The summed E-state index contributed by atoms with van der Waals surface area (Å²) >= 11 is 3.27. The molecule has 0 radical (unpaired) electrons. The van der Waals surface area contributed by atoms with E-state index >= 15 is 0 Å². The molecule has 2 aromatic carbocycles. The summed E-state index contributed by atoms with van der Waals surface area (Å²) in [5.41, 5.74) is 2.98. The Morgan fingerprint density at radius 2 is 1.88 bits per heavy atom. The van der Waals surface area contributed by atoms with Gasteiger partial charge in [0, 0.05) is 42.0 Å². The molecule has 0 saturated carbocycles. The van der Waals surface area contributed by atoms with E-state index in [2.05, 4.69) is 38.0 Å². The number of nitrogens with zero attached hydrogens (tertiary/aromatic N) is 2. The van der Waals surface area contributed by atoms with Gasteiger partial charge in [0.25, 0.3) is 5.91 Å². The van der Waals surface area contributed by atoms with E-state index in [1.54, 1.807) is 6.07 Å². The molecule has 26 heavy (non-hydrogen) atoms. The molecule has 6 heteroatoms. The first-order valence-electron chi connectivity index (χ1n) is 8.82. The number of amides is 1. The number of rotatable bonds is 4. The van der Waals surface area contributed by atoms with E-state index in [-0.39, 0.29) is 5.56 Å². The van der Waals surface area contributed by atoms with Gasteiger partial charge < -0.3 is 15.1 Å². The number of nitrogens with one attached hydrogen (secondary N) is 1. The maximum atomic E-state index is 13.9. The van der Waals surface area contributed by atoms with Crippen LogP contribution >= 0.6 is 15.9 Å². The van der Waals surface area contributed by atoms with Crippen molar-refractivity contribution >= 4 is 33.2 Å². The molecule has 0 aliphatic carbocycles. The van der Waals surface area contributed by atoms with Crippen LogP contribution in [-0.2, 0) is 0 Å². The van der Waals surface area contributed by atoms with Crippen molar-refractivity contribution in [1.29, 1.82) is 0 Å². The first kappa shape index (κ1) is 18.9. The topological polar surface area (TPSA) is 35.6 Å². The molecule has 0 atom stereocenters. The summed E-state index contributed by atoms with van der Waals surface area (Å²) < 4.78 is 14.5. The molecule has 0 bridgehead atoms. The minimum atomic E-state index is -0.534. The highest BCUT2D eigenvalue weighted by Crippen LogP contribution is 2.25. The van der Waals surface area contributed by atoms with E-state index < -0.39 is 11.7 Å². The number of aryl methyl sites for hydroxylation is 1. The summed E-state index contributed by atoms with van der Waals surface area (Å²) in [4.78, 5) is 17.2. The lowest BCUT2D eigenvalue weighted by Crippen LogP contribution is -2.46. The molecule has 1 amide bonds. The molecule has 0 unspecified atom stereocenters. The Morgan fingerprint density at radius 3 is 2.54 bits per heavy atom. The van der Waals surface area contributed by atoms with Crippen LogP contribution in [0.15, 0.2) is 40.9 Å². The highest BCUT2D eigenvalue weighted by atomic mass is 79.9. The quantitative estimate of drug-likeness (QED) is 0.802. The van der Waals surface area contributed by atoms with Crippen LogP contribution in [-0.4, -0.2) is 43.5 Å². The van der Waals surface area contributed by atoms with Crippen molar-refractivity contribution in [3.05, 3.63) is 57.8 Å². The number of carbonyl (C=O) groups excluding carboxylic acids is 1. The Labute approximate surface area is 162 Å². The van der Waals surface area contributed by atoms with E-state index in [0.29, 0.717) is 10.2 Å². The highest BCUT2D eigenvalue weighted by Gasteiger charge is 2.18. The van der Waals surface area contributed by atoms with Crippen LogP contribution in [0.4, 0.5) is 15.8 Å². The lowest BCUT2D eigenvalue weighted by molar-refractivity contribution is 0.102. The van der Waals surface area contributed by atoms with Crippen molar-refractivity contribution < 1.29 is 9.18 Å². The van der Waals surface area contributed by atoms with E-state index in [1.807, 2.05) is 25.1 Å². The number of halogens is 2. The van der Waals surface area contributed by atoms with Crippen molar-refractivity contribution in [2.75, 3.05) is 42.9 Å². The van der Waals surface area contributed by atoms with Crippen LogP contribution in [0.25, 0.3) is 0 Å². The maximum absolute atomic E-state index is 13.9. The monoisotopic (exact) mass is 419 g/mol. The molecule has 1 heterocycles. The number of hydrogen-bond acceptors (Lipinski definition) is 3. The van der Waals surface area contributed by atoms with Gasteiger partial charge in [-0.3, -0.25) is 4.79 Å². The van der Waals surface area contributed by atoms with Crippen LogP contribution in [0.5, 0.6) is 0 Å². The zero-order chi connectivity index (χ0) is 18.7. The fourth-order valence-corrected chi connectivity index (χ4v) is 3.62. The third-order valence-corrected chi connectivity index (χ3v) is 5.28. The van der Waals surface area contributed by atoms with Gasteiger partial charge in [-0.15, -0.1) is 0 Å². The van der Waals surface area contributed by atoms with Gasteiger partial charge in [0.15, 0.2) is 0 Å². The molecule has 1 fully saturated rings. The standard InChI is InChI=1S/C20H23BrFN3O/c1-3-24-8-10-25(11-9-24)19-7-5-16(12-14(19)2)23-20(26)17-13-15(21)4-6-18(17)22/h4-7,12-13H,3,8-11H2,1-2H3,(H,23,26). The van der Waals surface area contributed by atoms with Crippen molar-refractivity contribution in [2.24, 2.45) is 0 Å². The molecular formula is C20H23BrFN3O. The molecule has 0 aromatic heterocycles. The van der Waals surface area contributed by atoms with Crippen LogP contribution in [0, 0.1) is 12.7 Å². The summed E-state index contributed by atoms with van der Waals surface area (Å²) in [6.07, 6.45) is 0. The van der Waals surface area contributed by atoms with E-state index in [4.69, 9.17) is 0 Å². The first-order chi connectivity index (χ1) is 12.5. The minimum Gasteiger partial charge on any atom is -0.369 e. The number of hydrogen-bond donors (Lipinski definition) is 1. The molecule has 1 saturated heterocycles. The predicted octanol–water partition coefficient (Wildman–Crippen LogP) is 4.29. The molecule has 0 spiro atoms. The largest absolute Gasteiger partial charge is 0.369 e. The molecule has 2 aromatic rings. The Hall–Kier alpha value is -1.92. The summed E-state index contributed by atoms with van der Waals surface area (Å²) in [7, 11) is 0. The van der Waals surface area contributed by atoms with Crippen molar-refractivity contribution in [2.45, 2.75) is 13.8 Å².